The van der Waals surface area contributed by atoms with E-state index >= 15 is 0 Å². The molecule has 0 N–H and O–H groups in total. The fraction of sp³-hybridized carbons (Fsp3) is 0.778. The zero-order valence-electron chi connectivity index (χ0n) is 14.2. The number of hydrogen-bond acceptors (Lipinski definition) is 1. The van der Waals surface area contributed by atoms with Gasteiger partial charge in [-0.1, -0.05) is 40.3 Å². The van der Waals surface area contributed by atoms with E-state index in [1.54, 1.807) is 0 Å². The molecule has 0 saturated carbocycles. The van der Waals surface area contributed by atoms with E-state index in [2.05, 4.69) is 67.7 Å². The summed E-state index contributed by atoms with van der Waals surface area (Å²) in [5.74, 6) is 2.07. The Hall–Kier alpha value is -0.720. The number of ether oxygens (including phenoxy) is 1. The molecule has 0 aliphatic heterocycles. The van der Waals surface area contributed by atoms with Crippen molar-refractivity contribution in [2.75, 3.05) is 0 Å². The van der Waals surface area contributed by atoms with Gasteiger partial charge in [0.2, 0.25) is 0 Å². The second-order valence-electron chi connectivity index (χ2n) is 8.06. The van der Waals surface area contributed by atoms with Gasteiger partial charge in [0.1, 0.15) is 5.60 Å². The maximum atomic E-state index is 5.80. The van der Waals surface area contributed by atoms with Gasteiger partial charge in [0.15, 0.2) is 0 Å². The molecule has 0 heterocycles. The Morgan fingerprint density at radius 1 is 1.16 bits per heavy atom. The normalized spacial score (nSPS) is 15.7. The second-order valence-corrected chi connectivity index (χ2v) is 8.06. The van der Waals surface area contributed by atoms with Crippen LogP contribution in [0.25, 0.3) is 0 Å². The van der Waals surface area contributed by atoms with Gasteiger partial charge in [-0.25, -0.2) is 0 Å². The highest BCUT2D eigenvalue weighted by Crippen LogP contribution is 2.31. The van der Waals surface area contributed by atoms with Crippen LogP contribution >= 0.6 is 0 Å². The maximum Gasteiger partial charge on any atom is 0.100 e. The molecule has 0 bridgehead atoms. The highest BCUT2D eigenvalue weighted by atomic mass is 16.5. The van der Waals surface area contributed by atoms with E-state index in [1.165, 1.54) is 6.42 Å². The van der Waals surface area contributed by atoms with Crippen molar-refractivity contribution in [1.82, 2.24) is 0 Å². The SMILES string of the molecule is C=CC(CC(C)CC(=C)OC(C)(C)C)CC(C)(C)C. The van der Waals surface area contributed by atoms with Crippen molar-refractivity contribution in [3.8, 4) is 0 Å². The first-order valence-electron chi connectivity index (χ1n) is 7.42. The molecule has 1 nitrogen and oxygen atoms in total. The summed E-state index contributed by atoms with van der Waals surface area (Å²) in [5, 5.41) is 0. The second kappa shape index (κ2) is 7.17. The minimum absolute atomic E-state index is 0.139. The lowest BCUT2D eigenvalue weighted by atomic mass is 9.80. The molecule has 0 aromatic heterocycles. The maximum absolute atomic E-state index is 5.80. The smallest absolute Gasteiger partial charge is 0.100 e. The molecule has 19 heavy (non-hydrogen) atoms. The van der Waals surface area contributed by atoms with Gasteiger partial charge < -0.3 is 4.74 Å². The van der Waals surface area contributed by atoms with E-state index in [1.807, 2.05) is 0 Å². The van der Waals surface area contributed by atoms with Crippen molar-refractivity contribution in [2.45, 2.75) is 73.3 Å². The van der Waals surface area contributed by atoms with Crippen LogP contribution < -0.4 is 0 Å². The molecule has 0 spiro atoms. The van der Waals surface area contributed by atoms with Gasteiger partial charge in [-0.15, -0.1) is 6.58 Å². The zero-order chi connectivity index (χ0) is 15.3. The molecule has 0 aromatic rings. The Balaban J connectivity index is 4.25. The largest absolute Gasteiger partial charge is 0.493 e. The average molecular weight is 266 g/mol. The quantitative estimate of drug-likeness (QED) is 0.407. The molecular weight excluding hydrogens is 232 g/mol. The van der Waals surface area contributed by atoms with Crippen LogP contribution in [0.15, 0.2) is 25.0 Å². The van der Waals surface area contributed by atoms with Crippen LogP contribution in [0.3, 0.4) is 0 Å². The number of allylic oxidation sites excluding steroid dienone is 2. The van der Waals surface area contributed by atoms with Crippen molar-refractivity contribution < 1.29 is 4.74 Å². The van der Waals surface area contributed by atoms with Crippen molar-refractivity contribution >= 4 is 0 Å². The summed E-state index contributed by atoms with van der Waals surface area (Å²) in [7, 11) is 0. The zero-order valence-corrected chi connectivity index (χ0v) is 14.2. The van der Waals surface area contributed by atoms with Gasteiger partial charge in [-0.3, -0.25) is 0 Å². The first kappa shape index (κ1) is 18.3. The molecule has 0 amide bonds. The molecule has 2 unspecified atom stereocenters. The fourth-order valence-corrected chi connectivity index (χ4v) is 2.51. The lowest BCUT2D eigenvalue weighted by molar-refractivity contribution is 0.0435. The summed E-state index contributed by atoms with van der Waals surface area (Å²) in [6.07, 6.45) is 5.39. The van der Waals surface area contributed by atoms with Crippen molar-refractivity contribution in [3.05, 3.63) is 25.0 Å². The summed E-state index contributed by atoms with van der Waals surface area (Å²) < 4.78 is 5.80. The highest BCUT2D eigenvalue weighted by molar-refractivity contribution is 4.90. The molecule has 0 fully saturated rings. The molecule has 0 radical (unpaired) electrons. The minimum Gasteiger partial charge on any atom is -0.493 e. The van der Waals surface area contributed by atoms with Crippen molar-refractivity contribution in [2.24, 2.45) is 17.3 Å². The number of rotatable bonds is 7. The third kappa shape index (κ3) is 10.9. The Morgan fingerprint density at radius 2 is 1.68 bits per heavy atom. The lowest BCUT2D eigenvalue weighted by Gasteiger charge is -2.27. The van der Waals surface area contributed by atoms with Crippen molar-refractivity contribution in [1.29, 1.82) is 0 Å². The van der Waals surface area contributed by atoms with Crippen LogP contribution in [-0.2, 0) is 4.74 Å². The molecule has 0 aliphatic rings. The fourth-order valence-electron chi connectivity index (χ4n) is 2.51. The van der Waals surface area contributed by atoms with E-state index in [4.69, 9.17) is 4.74 Å². The average Bonchev–Trinajstić information content (AvgIpc) is 2.10. The Morgan fingerprint density at radius 3 is 2.05 bits per heavy atom. The van der Waals surface area contributed by atoms with Crippen LogP contribution in [0, 0.1) is 17.3 Å². The van der Waals surface area contributed by atoms with Crippen LogP contribution in [0.4, 0.5) is 0 Å². The number of hydrogen-bond donors (Lipinski definition) is 0. The van der Waals surface area contributed by atoms with Gasteiger partial charge in [-0.2, -0.15) is 0 Å². The molecule has 0 aromatic carbocycles. The summed E-state index contributed by atoms with van der Waals surface area (Å²) in [6.45, 7) is 23.4. The van der Waals surface area contributed by atoms with Gasteiger partial charge in [0.25, 0.3) is 0 Å². The molecule has 2 atom stereocenters. The predicted octanol–water partition coefficient (Wildman–Crippen LogP) is 5.97. The van der Waals surface area contributed by atoms with E-state index in [0.29, 0.717) is 17.3 Å². The Labute approximate surface area is 121 Å². The van der Waals surface area contributed by atoms with Gasteiger partial charge in [-0.05, 0) is 50.9 Å². The third-order valence-corrected chi connectivity index (χ3v) is 2.94. The Bertz CT molecular complexity index is 288. The minimum atomic E-state index is -0.139. The van der Waals surface area contributed by atoms with E-state index in [9.17, 15) is 0 Å². The summed E-state index contributed by atoms with van der Waals surface area (Å²) in [5.41, 5.74) is 0.220. The molecule has 112 valence electrons. The molecular formula is C18H34O. The molecule has 0 saturated heterocycles. The summed E-state index contributed by atoms with van der Waals surface area (Å²) in [4.78, 5) is 0. The first-order chi connectivity index (χ1) is 8.43. The summed E-state index contributed by atoms with van der Waals surface area (Å²) in [6, 6.07) is 0. The Kier molecular flexibility index (Phi) is 6.89. The summed E-state index contributed by atoms with van der Waals surface area (Å²) >= 11 is 0. The van der Waals surface area contributed by atoms with Crippen LogP contribution in [0.1, 0.15) is 67.7 Å². The third-order valence-electron chi connectivity index (χ3n) is 2.94. The van der Waals surface area contributed by atoms with Gasteiger partial charge in [0.05, 0.1) is 5.76 Å². The van der Waals surface area contributed by atoms with E-state index in [-0.39, 0.29) is 5.60 Å². The van der Waals surface area contributed by atoms with E-state index < -0.39 is 0 Å². The van der Waals surface area contributed by atoms with E-state index in [0.717, 1.165) is 18.6 Å². The van der Waals surface area contributed by atoms with Crippen LogP contribution in [-0.4, -0.2) is 5.60 Å². The van der Waals surface area contributed by atoms with Gasteiger partial charge >= 0.3 is 0 Å². The standard InChI is InChI=1S/C18H34O/c1-10-16(13-17(4,5)6)12-14(2)11-15(3)19-18(7,8)9/h10,14,16H,1,3,11-13H2,2,4-9H3. The van der Waals surface area contributed by atoms with Gasteiger partial charge in [0, 0.05) is 6.42 Å². The predicted molar refractivity (Wildman–Crippen MR) is 86.1 cm³/mol. The first-order valence-corrected chi connectivity index (χ1v) is 7.42. The van der Waals surface area contributed by atoms with Crippen LogP contribution in [0.2, 0.25) is 0 Å². The van der Waals surface area contributed by atoms with Crippen LogP contribution in [0.5, 0.6) is 0 Å². The molecule has 0 rings (SSSR count). The monoisotopic (exact) mass is 266 g/mol. The van der Waals surface area contributed by atoms with Crippen molar-refractivity contribution in [3.63, 3.8) is 0 Å². The highest BCUT2D eigenvalue weighted by Gasteiger charge is 2.20. The molecule has 1 heteroatoms. The topological polar surface area (TPSA) is 9.23 Å². The molecule has 0 aliphatic carbocycles. The lowest BCUT2D eigenvalue weighted by Crippen LogP contribution is -2.20.